The third-order valence-corrected chi connectivity index (χ3v) is 4.11. The molecule has 1 amide bonds. The van der Waals surface area contributed by atoms with E-state index >= 15 is 0 Å². The van der Waals surface area contributed by atoms with Gasteiger partial charge < -0.3 is 14.8 Å². The van der Waals surface area contributed by atoms with Crippen LogP contribution in [0.2, 0.25) is 0 Å². The first kappa shape index (κ1) is 20.0. The van der Waals surface area contributed by atoms with Gasteiger partial charge in [-0.25, -0.2) is 0 Å². The van der Waals surface area contributed by atoms with E-state index in [2.05, 4.69) is 24.4 Å². The average molecular weight is 355 g/mol. The number of hydrogen-bond acceptors (Lipinski definition) is 3. The SMILES string of the molecule is CCOc1ccc(C(=O)Nc2c(C)cc(C)cc2C)cc1COC(C)C. The largest absolute Gasteiger partial charge is 0.494 e. The van der Waals surface area contributed by atoms with Crippen molar-refractivity contribution in [2.24, 2.45) is 0 Å². The minimum Gasteiger partial charge on any atom is -0.494 e. The number of nitrogens with one attached hydrogen (secondary N) is 1. The van der Waals surface area contributed by atoms with Gasteiger partial charge in [-0.3, -0.25) is 4.79 Å². The van der Waals surface area contributed by atoms with E-state index in [-0.39, 0.29) is 12.0 Å². The number of benzene rings is 2. The second-order valence-corrected chi connectivity index (χ2v) is 6.84. The van der Waals surface area contributed by atoms with Gasteiger partial charge in [0, 0.05) is 16.8 Å². The Morgan fingerprint density at radius 1 is 1.08 bits per heavy atom. The zero-order valence-electron chi connectivity index (χ0n) is 16.6. The highest BCUT2D eigenvalue weighted by Crippen LogP contribution is 2.25. The van der Waals surface area contributed by atoms with Crippen LogP contribution in [-0.4, -0.2) is 18.6 Å². The summed E-state index contributed by atoms with van der Waals surface area (Å²) in [5.74, 6) is 0.626. The summed E-state index contributed by atoms with van der Waals surface area (Å²) in [4.78, 5) is 12.8. The number of ether oxygens (including phenoxy) is 2. The van der Waals surface area contributed by atoms with Crippen LogP contribution in [0.25, 0.3) is 0 Å². The normalized spacial score (nSPS) is 10.9. The number of carbonyl (C=O) groups excluding carboxylic acids is 1. The minimum atomic E-state index is -0.131. The fourth-order valence-electron chi connectivity index (χ4n) is 2.95. The second-order valence-electron chi connectivity index (χ2n) is 6.84. The second kappa shape index (κ2) is 8.86. The quantitative estimate of drug-likeness (QED) is 0.744. The summed E-state index contributed by atoms with van der Waals surface area (Å²) in [6.07, 6.45) is 0.111. The van der Waals surface area contributed by atoms with Crippen LogP contribution in [0.5, 0.6) is 5.75 Å². The number of hydrogen-bond donors (Lipinski definition) is 1. The molecular weight excluding hydrogens is 326 g/mol. The molecule has 0 heterocycles. The van der Waals surface area contributed by atoms with Gasteiger partial charge in [0.15, 0.2) is 0 Å². The van der Waals surface area contributed by atoms with Gasteiger partial charge in [-0.2, -0.15) is 0 Å². The van der Waals surface area contributed by atoms with E-state index in [1.165, 1.54) is 5.56 Å². The molecule has 140 valence electrons. The number of rotatable bonds is 7. The van der Waals surface area contributed by atoms with Gasteiger partial charge in [0.1, 0.15) is 5.75 Å². The molecule has 0 fully saturated rings. The molecule has 0 aliphatic rings. The molecule has 1 N–H and O–H groups in total. The van der Waals surface area contributed by atoms with Crippen LogP contribution >= 0.6 is 0 Å². The average Bonchev–Trinajstić information content (AvgIpc) is 2.57. The lowest BCUT2D eigenvalue weighted by atomic mass is 10.0. The Morgan fingerprint density at radius 2 is 1.73 bits per heavy atom. The van der Waals surface area contributed by atoms with Gasteiger partial charge in [-0.05, 0) is 70.9 Å². The first-order valence-corrected chi connectivity index (χ1v) is 9.08. The molecule has 0 bridgehead atoms. The van der Waals surface area contributed by atoms with E-state index in [9.17, 15) is 4.79 Å². The summed E-state index contributed by atoms with van der Waals surface area (Å²) in [6, 6.07) is 9.62. The zero-order valence-corrected chi connectivity index (χ0v) is 16.6. The van der Waals surface area contributed by atoms with Crippen LogP contribution in [0.15, 0.2) is 30.3 Å². The Kier molecular flexibility index (Phi) is 6.81. The van der Waals surface area contributed by atoms with Crippen molar-refractivity contribution in [3.8, 4) is 5.75 Å². The third-order valence-electron chi connectivity index (χ3n) is 4.11. The Bertz CT molecular complexity index is 758. The van der Waals surface area contributed by atoms with Crippen LogP contribution in [-0.2, 0) is 11.3 Å². The number of aryl methyl sites for hydroxylation is 3. The van der Waals surface area contributed by atoms with Crippen molar-refractivity contribution in [3.05, 3.63) is 58.1 Å². The fourth-order valence-corrected chi connectivity index (χ4v) is 2.95. The van der Waals surface area contributed by atoms with Crippen molar-refractivity contribution in [2.75, 3.05) is 11.9 Å². The molecule has 0 atom stereocenters. The highest BCUT2D eigenvalue weighted by atomic mass is 16.5. The molecule has 0 radical (unpaired) electrons. The molecule has 0 spiro atoms. The molecule has 0 saturated heterocycles. The van der Waals surface area contributed by atoms with Gasteiger partial charge in [0.2, 0.25) is 0 Å². The van der Waals surface area contributed by atoms with Gasteiger partial charge >= 0.3 is 0 Å². The highest BCUT2D eigenvalue weighted by Gasteiger charge is 2.14. The van der Waals surface area contributed by atoms with Gasteiger partial charge in [-0.1, -0.05) is 17.7 Å². The van der Waals surface area contributed by atoms with E-state index < -0.39 is 0 Å². The van der Waals surface area contributed by atoms with Crippen molar-refractivity contribution in [3.63, 3.8) is 0 Å². The van der Waals surface area contributed by atoms with Gasteiger partial charge in [0.25, 0.3) is 5.91 Å². The first-order chi connectivity index (χ1) is 12.3. The molecule has 0 saturated carbocycles. The smallest absolute Gasteiger partial charge is 0.255 e. The monoisotopic (exact) mass is 355 g/mol. The van der Waals surface area contributed by atoms with Gasteiger partial charge in [0.05, 0.1) is 19.3 Å². The maximum Gasteiger partial charge on any atom is 0.255 e. The molecule has 4 nitrogen and oxygen atoms in total. The number of carbonyl (C=O) groups is 1. The molecular formula is C22H29NO3. The topological polar surface area (TPSA) is 47.6 Å². The lowest BCUT2D eigenvalue weighted by Gasteiger charge is -2.16. The summed E-state index contributed by atoms with van der Waals surface area (Å²) in [5.41, 5.74) is 5.65. The lowest BCUT2D eigenvalue weighted by Crippen LogP contribution is -2.15. The van der Waals surface area contributed by atoms with E-state index in [4.69, 9.17) is 9.47 Å². The van der Waals surface area contributed by atoms with E-state index in [1.54, 1.807) is 6.07 Å². The van der Waals surface area contributed by atoms with Crippen LogP contribution < -0.4 is 10.1 Å². The Hall–Kier alpha value is -2.33. The first-order valence-electron chi connectivity index (χ1n) is 9.08. The van der Waals surface area contributed by atoms with Crippen LogP contribution in [0.1, 0.15) is 53.4 Å². The summed E-state index contributed by atoms with van der Waals surface area (Å²) < 4.78 is 11.4. The minimum absolute atomic E-state index is 0.111. The van der Waals surface area contributed by atoms with Crippen molar-refractivity contribution >= 4 is 11.6 Å². The molecule has 0 aromatic heterocycles. The maximum atomic E-state index is 12.8. The molecule has 0 aliphatic heterocycles. The molecule has 2 aromatic rings. The molecule has 2 aromatic carbocycles. The van der Waals surface area contributed by atoms with Crippen molar-refractivity contribution < 1.29 is 14.3 Å². The summed E-state index contributed by atoms with van der Waals surface area (Å²) in [7, 11) is 0. The van der Waals surface area contributed by atoms with Crippen molar-refractivity contribution in [1.82, 2.24) is 0 Å². The summed E-state index contributed by atoms with van der Waals surface area (Å²) >= 11 is 0. The van der Waals surface area contributed by atoms with E-state index in [1.807, 2.05) is 46.8 Å². The molecule has 0 aliphatic carbocycles. The van der Waals surface area contributed by atoms with E-state index in [0.29, 0.717) is 18.8 Å². The standard InChI is InChI=1S/C22H29NO3/c1-7-25-20-9-8-18(12-19(20)13-26-14(2)3)22(24)23-21-16(5)10-15(4)11-17(21)6/h8-12,14H,7,13H2,1-6H3,(H,23,24). The molecule has 0 unspecified atom stereocenters. The molecule has 4 heteroatoms. The number of amides is 1. The predicted molar refractivity (Wildman–Crippen MR) is 106 cm³/mol. The molecule has 26 heavy (non-hydrogen) atoms. The molecule has 2 rings (SSSR count). The van der Waals surface area contributed by atoms with Crippen LogP contribution in [0.4, 0.5) is 5.69 Å². The maximum absolute atomic E-state index is 12.8. The predicted octanol–water partition coefficient (Wildman–Crippen LogP) is 5.19. The highest BCUT2D eigenvalue weighted by molar-refractivity contribution is 6.05. The van der Waals surface area contributed by atoms with Crippen molar-refractivity contribution in [1.29, 1.82) is 0 Å². The summed E-state index contributed by atoms with van der Waals surface area (Å²) in [6.45, 7) is 13.0. The van der Waals surface area contributed by atoms with Gasteiger partial charge in [-0.15, -0.1) is 0 Å². The summed E-state index contributed by atoms with van der Waals surface area (Å²) in [5, 5.41) is 3.04. The Labute approximate surface area is 156 Å². The van der Waals surface area contributed by atoms with Crippen molar-refractivity contribution in [2.45, 2.75) is 54.3 Å². The number of anilines is 1. The lowest BCUT2D eigenvalue weighted by molar-refractivity contribution is 0.0641. The Morgan fingerprint density at radius 3 is 2.31 bits per heavy atom. The van der Waals surface area contributed by atoms with Crippen LogP contribution in [0.3, 0.4) is 0 Å². The zero-order chi connectivity index (χ0) is 19.3. The fraction of sp³-hybridized carbons (Fsp3) is 0.409. The third kappa shape index (κ3) is 5.09. The Balaban J connectivity index is 2.27. The van der Waals surface area contributed by atoms with Crippen LogP contribution in [0, 0.1) is 20.8 Å². The van der Waals surface area contributed by atoms with E-state index in [0.717, 1.165) is 28.1 Å².